The lowest BCUT2D eigenvalue weighted by atomic mass is 10.4. The Labute approximate surface area is 60.2 Å². The van der Waals surface area contributed by atoms with E-state index in [9.17, 15) is 0 Å². The third kappa shape index (κ3) is 1.55. The third-order valence-corrected chi connectivity index (χ3v) is 2.33. The lowest BCUT2D eigenvalue weighted by Gasteiger charge is -2.26. The molecule has 0 aromatic rings. The quantitative estimate of drug-likeness (QED) is 0.356. The van der Waals surface area contributed by atoms with Gasteiger partial charge in [-0.2, -0.15) is 25.3 Å². The first-order chi connectivity index (χ1) is 3.80. The molecule has 8 heavy (non-hydrogen) atoms. The maximum absolute atomic E-state index is 4.21. The fraction of sp³-hybridized carbons (Fsp3) is 1.00. The van der Waals surface area contributed by atoms with E-state index in [0.29, 0.717) is 0 Å². The highest BCUT2D eigenvalue weighted by molar-refractivity contribution is 7.85. The maximum Gasteiger partial charge on any atom is 0.0751 e. The zero-order valence-electron chi connectivity index (χ0n) is 4.46. The maximum atomic E-state index is 4.21. The summed E-state index contributed by atoms with van der Waals surface area (Å²) >= 11 is 8.41. The van der Waals surface area contributed by atoms with Crippen molar-refractivity contribution in [1.82, 2.24) is 10.6 Å². The average molecular weight is 150 g/mol. The predicted octanol–water partition coefficient (Wildman–Crippen LogP) is -0.309. The summed E-state index contributed by atoms with van der Waals surface area (Å²) in [5, 5.41) is 6.72. The minimum absolute atomic E-state index is 0.201. The molecule has 0 aliphatic carbocycles. The van der Waals surface area contributed by atoms with E-state index in [-0.39, 0.29) is 10.7 Å². The van der Waals surface area contributed by atoms with Crippen LogP contribution < -0.4 is 10.6 Å². The van der Waals surface area contributed by atoms with E-state index >= 15 is 0 Å². The summed E-state index contributed by atoms with van der Waals surface area (Å²) in [6, 6.07) is 0. The van der Waals surface area contributed by atoms with Gasteiger partial charge in [0.1, 0.15) is 0 Å². The van der Waals surface area contributed by atoms with Crippen molar-refractivity contribution in [3.05, 3.63) is 0 Å². The van der Waals surface area contributed by atoms with Gasteiger partial charge in [-0.05, 0) is 0 Å². The van der Waals surface area contributed by atoms with E-state index in [1.54, 1.807) is 0 Å². The van der Waals surface area contributed by atoms with Crippen LogP contribution in [0.1, 0.15) is 0 Å². The number of hydrogen-bond donors (Lipinski definition) is 4. The van der Waals surface area contributed by atoms with Gasteiger partial charge in [-0.15, -0.1) is 0 Å². The van der Waals surface area contributed by atoms with Crippen LogP contribution in [0.3, 0.4) is 0 Å². The molecule has 0 spiro atoms. The van der Waals surface area contributed by atoms with Crippen molar-refractivity contribution in [2.75, 3.05) is 13.1 Å². The van der Waals surface area contributed by atoms with Gasteiger partial charge in [0.2, 0.25) is 0 Å². The van der Waals surface area contributed by atoms with Crippen LogP contribution in [0.15, 0.2) is 0 Å². The number of hydrogen-bond acceptors (Lipinski definition) is 4. The third-order valence-electron chi connectivity index (χ3n) is 1.13. The molecular formula is C4H10N2S2. The zero-order chi connectivity index (χ0) is 5.98. The molecular weight excluding hydrogens is 140 g/mol. The lowest BCUT2D eigenvalue weighted by Crippen LogP contribution is -2.50. The van der Waals surface area contributed by atoms with Crippen molar-refractivity contribution < 1.29 is 0 Å². The lowest BCUT2D eigenvalue weighted by molar-refractivity contribution is 0.484. The Bertz CT molecular complexity index is 68.4. The van der Waals surface area contributed by atoms with Crippen molar-refractivity contribution in [3.63, 3.8) is 0 Å². The van der Waals surface area contributed by atoms with Gasteiger partial charge in [-0.25, -0.2) is 0 Å². The second-order valence-electron chi connectivity index (χ2n) is 1.80. The smallest absolute Gasteiger partial charge is 0.0751 e. The molecule has 2 atom stereocenters. The van der Waals surface area contributed by atoms with Gasteiger partial charge in [0.15, 0.2) is 0 Å². The summed E-state index contributed by atoms with van der Waals surface area (Å²) in [5.74, 6) is 0. The molecule has 0 saturated carbocycles. The minimum atomic E-state index is 0.201. The summed E-state index contributed by atoms with van der Waals surface area (Å²) in [4.78, 5) is 0. The standard InChI is InChI=1S/C4H10N2S2/c7-3-4(8)6-2-1-5-3/h3-8H,1-2H2. The van der Waals surface area contributed by atoms with E-state index in [4.69, 9.17) is 0 Å². The second kappa shape index (κ2) is 2.96. The largest absolute Gasteiger partial charge is 0.302 e. The molecule has 0 radical (unpaired) electrons. The first-order valence-corrected chi connectivity index (χ1v) is 3.67. The Hall–Kier alpha value is 0.620. The Morgan fingerprint density at radius 1 is 1.00 bits per heavy atom. The van der Waals surface area contributed by atoms with Crippen molar-refractivity contribution >= 4 is 25.3 Å². The van der Waals surface area contributed by atoms with Crippen LogP contribution in [0.4, 0.5) is 0 Å². The average Bonchev–Trinajstić information content (AvgIpc) is 1.77. The van der Waals surface area contributed by atoms with Gasteiger partial charge >= 0.3 is 0 Å². The van der Waals surface area contributed by atoms with Crippen molar-refractivity contribution in [2.45, 2.75) is 10.7 Å². The molecule has 48 valence electrons. The molecule has 1 rings (SSSR count). The SMILES string of the molecule is SC1NCCNC1S. The topological polar surface area (TPSA) is 24.1 Å². The minimum Gasteiger partial charge on any atom is -0.302 e. The molecule has 0 aromatic carbocycles. The van der Waals surface area contributed by atoms with Crippen LogP contribution in [-0.4, -0.2) is 23.8 Å². The normalized spacial score (nSPS) is 39.8. The molecule has 0 amide bonds. The molecule has 4 heteroatoms. The Balaban J connectivity index is 2.28. The van der Waals surface area contributed by atoms with Crippen LogP contribution in [0.25, 0.3) is 0 Å². The summed E-state index contributed by atoms with van der Waals surface area (Å²) < 4.78 is 0. The van der Waals surface area contributed by atoms with E-state index in [0.717, 1.165) is 13.1 Å². The first kappa shape index (κ1) is 6.74. The molecule has 1 heterocycles. The molecule has 1 fully saturated rings. The molecule has 0 bridgehead atoms. The fourth-order valence-electron chi connectivity index (χ4n) is 0.663. The van der Waals surface area contributed by atoms with Crippen LogP contribution in [-0.2, 0) is 0 Å². The van der Waals surface area contributed by atoms with Crippen LogP contribution in [0.5, 0.6) is 0 Å². The first-order valence-electron chi connectivity index (χ1n) is 2.63. The Morgan fingerprint density at radius 3 is 1.62 bits per heavy atom. The summed E-state index contributed by atoms with van der Waals surface area (Å²) in [6.45, 7) is 1.98. The second-order valence-corrected chi connectivity index (χ2v) is 2.91. The highest BCUT2D eigenvalue weighted by Crippen LogP contribution is 2.04. The van der Waals surface area contributed by atoms with Gasteiger partial charge < -0.3 is 10.6 Å². The van der Waals surface area contributed by atoms with Crippen LogP contribution >= 0.6 is 25.3 Å². The predicted molar refractivity (Wildman–Crippen MR) is 41.6 cm³/mol. The molecule has 1 saturated heterocycles. The summed E-state index contributed by atoms with van der Waals surface area (Å²) in [7, 11) is 0. The molecule has 0 aromatic heterocycles. The van der Waals surface area contributed by atoms with E-state index in [1.807, 2.05) is 0 Å². The Kier molecular flexibility index (Phi) is 2.49. The molecule has 2 unspecified atom stereocenters. The number of thiol groups is 2. The highest BCUT2D eigenvalue weighted by atomic mass is 32.1. The number of nitrogens with one attached hydrogen (secondary N) is 2. The van der Waals surface area contributed by atoms with Gasteiger partial charge in [-0.1, -0.05) is 0 Å². The monoisotopic (exact) mass is 150 g/mol. The molecule has 1 aliphatic heterocycles. The van der Waals surface area contributed by atoms with Crippen molar-refractivity contribution in [2.24, 2.45) is 0 Å². The van der Waals surface area contributed by atoms with E-state index in [2.05, 4.69) is 35.9 Å². The van der Waals surface area contributed by atoms with Gasteiger partial charge in [0.05, 0.1) is 10.7 Å². The number of piperazine rings is 1. The molecule has 2 N–H and O–H groups in total. The van der Waals surface area contributed by atoms with Crippen LogP contribution in [0, 0.1) is 0 Å². The highest BCUT2D eigenvalue weighted by Gasteiger charge is 2.15. The van der Waals surface area contributed by atoms with Gasteiger partial charge in [0.25, 0.3) is 0 Å². The summed E-state index contributed by atoms with van der Waals surface area (Å²) in [5.41, 5.74) is 0. The van der Waals surface area contributed by atoms with Gasteiger partial charge in [0, 0.05) is 13.1 Å². The van der Waals surface area contributed by atoms with E-state index < -0.39 is 0 Å². The van der Waals surface area contributed by atoms with Crippen molar-refractivity contribution in [1.29, 1.82) is 0 Å². The zero-order valence-corrected chi connectivity index (χ0v) is 6.25. The molecule has 1 aliphatic rings. The number of rotatable bonds is 0. The molecule has 2 nitrogen and oxygen atoms in total. The van der Waals surface area contributed by atoms with Gasteiger partial charge in [-0.3, -0.25) is 0 Å². The summed E-state index contributed by atoms with van der Waals surface area (Å²) in [6.07, 6.45) is 0. The Morgan fingerprint density at radius 2 is 1.38 bits per heavy atom. The van der Waals surface area contributed by atoms with Crippen LogP contribution in [0.2, 0.25) is 0 Å². The van der Waals surface area contributed by atoms with Crippen molar-refractivity contribution in [3.8, 4) is 0 Å². The van der Waals surface area contributed by atoms with E-state index in [1.165, 1.54) is 0 Å². The fourth-order valence-corrected chi connectivity index (χ4v) is 1.13.